The Balaban J connectivity index is 1.49. The Morgan fingerprint density at radius 1 is 1.41 bits per heavy atom. The van der Waals surface area contributed by atoms with E-state index in [0.29, 0.717) is 16.8 Å². The lowest BCUT2D eigenvalue weighted by Gasteiger charge is -2.29. The number of amides is 2. The predicted octanol–water partition coefficient (Wildman–Crippen LogP) is 1.92. The molecular weight excluding hydrogens is 304 g/mol. The molecule has 6 nitrogen and oxygen atoms in total. The third-order valence-corrected chi connectivity index (χ3v) is 4.50. The number of ether oxygens (including phenoxy) is 1. The summed E-state index contributed by atoms with van der Waals surface area (Å²) in [6, 6.07) is 3.42. The fourth-order valence-electron chi connectivity index (χ4n) is 2.99. The highest BCUT2D eigenvalue weighted by molar-refractivity contribution is 6.32. The van der Waals surface area contributed by atoms with Crippen molar-refractivity contribution in [2.45, 2.75) is 6.42 Å². The number of pyridine rings is 1. The van der Waals surface area contributed by atoms with Gasteiger partial charge < -0.3 is 15.0 Å². The number of morpholine rings is 1. The molecule has 2 amide bonds. The van der Waals surface area contributed by atoms with E-state index in [1.807, 2.05) is 4.90 Å². The largest absolute Gasteiger partial charge is 0.379 e. The van der Waals surface area contributed by atoms with Crippen LogP contribution in [0.2, 0.25) is 5.15 Å². The van der Waals surface area contributed by atoms with Crippen molar-refractivity contribution in [1.82, 2.24) is 14.8 Å². The van der Waals surface area contributed by atoms with Crippen LogP contribution in [0, 0.1) is 5.92 Å². The first-order chi connectivity index (χ1) is 10.7. The van der Waals surface area contributed by atoms with Gasteiger partial charge in [0.25, 0.3) is 0 Å². The summed E-state index contributed by atoms with van der Waals surface area (Å²) in [7, 11) is 0. The highest BCUT2D eigenvalue weighted by atomic mass is 35.5. The first-order valence-corrected chi connectivity index (χ1v) is 8.07. The molecule has 0 aliphatic carbocycles. The van der Waals surface area contributed by atoms with E-state index in [9.17, 15) is 4.79 Å². The topological polar surface area (TPSA) is 57.7 Å². The van der Waals surface area contributed by atoms with Gasteiger partial charge in [-0.25, -0.2) is 9.78 Å². The molecule has 1 N–H and O–H groups in total. The van der Waals surface area contributed by atoms with E-state index in [4.69, 9.17) is 16.3 Å². The third kappa shape index (κ3) is 3.88. The van der Waals surface area contributed by atoms with Crippen LogP contribution in [0.15, 0.2) is 18.3 Å². The van der Waals surface area contributed by atoms with Crippen molar-refractivity contribution in [2.75, 3.05) is 51.3 Å². The first-order valence-electron chi connectivity index (χ1n) is 7.69. The van der Waals surface area contributed by atoms with Crippen LogP contribution in [0.5, 0.6) is 0 Å². The van der Waals surface area contributed by atoms with Gasteiger partial charge in [0, 0.05) is 38.9 Å². The number of hydrogen-bond donors (Lipinski definition) is 1. The molecule has 1 unspecified atom stereocenters. The number of hydrogen-bond acceptors (Lipinski definition) is 4. The summed E-state index contributed by atoms with van der Waals surface area (Å²) in [6.07, 6.45) is 2.65. The fraction of sp³-hybridized carbons (Fsp3) is 0.600. The summed E-state index contributed by atoms with van der Waals surface area (Å²) in [6.45, 7) is 6.25. The van der Waals surface area contributed by atoms with Crippen LogP contribution in [-0.4, -0.2) is 66.8 Å². The van der Waals surface area contributed by atoms with Gasteiger partial charge in [-0.05, 0) is 24.5 Å². The second kappa shape index (κ2) is 7.26. The van der Waals surface area contributed by atoms with Crippen LogP contribution in [0.3, 0.4) is 0 Å². The van der Waals surface area contributed by atoms with Gasteiger partial charge in [0.1, 0.15) is 0 Å². The zero-order valence-corrected chi connectivity index (χ0v) is 13.3. The van der Waals surface area contributed by atoms with E-state index in [1.165, 1.54) is 0 Å². The maximum Gasteiger partial charge on any atom is 0.321 e. The molecule has 2 aliphatic rings. The molecule has 120 valence electrons. The van der Waals surface area contributed by atoms with E-state index in [0.717, 1.165) is 52.4 Å². The molecular formula is C15H21ClN4O2. The number of carbonyl (C=O) groups is 1. The van der Waals surface area contributed by atoms with E-state index < -0.39 is 0 Å². The molecule has 2 saturated heterocycles. The Labute approximate surface area is 135 Å². The molecule has 1 aromatic rings. The normalized spacial score (nSPS) is 22.8. The van der Waals surface area contributed by atoms with Crippen molar-refractivity contribution in [1.29, 1.82) is 0 Å². The Morgan fingerprint density at radius 3 is 3.00 bits per heavy atom. The number of carbonyl (C=O) groups excluding carboxylic acids is 1. The minimum Gasteiger partial charge on any atom is -0.379 e. The van der Waals surface area contributed by atoms with Crippen LogP contribution < -0.4 is 5.32 Å². The number of likely N-dealkylation sites (tertiary alicyclic amines) is 1. The highest BCUT2D eigenvalue weighted by Crippen LogP contribution is 2.21. The molecule has 7 heteroatoms. The van der Waals surface area contributed by atoms with E-state index >= 15 is 0 Å². The molecule has 0 spiro atoms. The number of anilines is 1. The summed E-state index contributed by atoms with van der Waals surface area (Å²) in [4.78, 5) is 20.5. The zero-order valence-electron chi connectivity index (χ0n) is 12.5. The summed E-state index contributed by atoms with van der Waals surface area (Å²) >= 11 is 5.97. The lowest BCUT2D eigenvalue weighted by molar-refractivity contribution is 0.0314. The molecule has 22 heavy (non-hydrogen) atoms. The maximum atomic E-state index is 12.3. The average Bonchev–Trinajstić information content (AvgIpc) is 2.99. The van der Waals surface area contributed by atoms with Crippen LogP contribution >= 0.6 is 11.6 Å². The van der Waals surface area contributed by atoms with Crippen LogP contribution in [0.4, 0.5) is 10.5 Å². The second-order valence-corrected chi connectivity index (χ2v) is 6.14. The van der Waals surface area contributed by atoms with Gasteiger partial charge in [0.05, 0.1) is 18.9 Å². The summed E-state index contributed by atoms with van der Waals surface area (Å²) in [5.74, 6) is 0.535. The summed E-state index contributed by atoms with van der Waals surface area (Å²) < 4.78 is 5.37. The first kappa shape index (κ1) is 15.5. The molecule has 2 aliphatic heterocycles. The summed E-state index contributed by atoms with van der Waals surface area (Å²) in [5, 5.41) is 3.15. The second-order valence-electron chi connectivity index (χ2n) is 5.79. The molecule has 1 atom stereocenters. The Hall–Kier alpha value is -1.37. The van der Waals surface area contributed by atoms with Gasteiger partial charge in [0.2, 0.25) is 0 Å². The lowest BCUT2D eigenvalue weighted by atomic mass is 10.1. The molecule has 3 rings (SSSR count). The van der Waals surface area contributed by atoms with Gasteiger partial charge in [-0.15, -0.1) is 0 Å². The van der Waals surface area contributed by atoms with E-state index in [1.54, 1.807) is 18.3 Å². The standard InChI is InChI=1S/C15H21ClN4O2/c16-14-13(2-1-4-17-14)18-15(21)20-5-3-12(11-20)10-19-6-8-22-9-7-19/h1-2,4,12H,3,5-11H2,(H,18,21). The monoisotopic (exact) mass is 324 g/mol. The van der Waals surface area contributed by atoms with Crippen molar-refractivity contribution in [3.8, 4) is 0 Å². The van der Waals surface area contributed by atoms with Crippen molar-refractivity contribution in [3.05, 3.63) is 23.5 Å². The van der Waals surface area contributed by atoms with Gasteiger partial charge in [-0.1, -0.05) is 11.6 Å². The third-order valence-electron chi connectivity index (χ3n) is 4.19. The van der Waals surface area contributed by atoms with Crippen molar-refractivity contribution >= 4 is 23.3 Å². The predicted molar refractivity (Wildman–Crippen MR) is 85.2 cm³/mol. The van der Waals surface area contributed by atoms with Crippen molar-refractivity contribution in [2.24, 2.45) is 5.92 Å². The molecule has 0 saturated carbocycles. The molecule has 0 bridgehead atoms. The smallest absolute Gasteiger partial charge is 0.321 e. The maximum absolute atomic E-state index is 12.3. The number of halogens is 1. The molecule has 0 radical (unpaired) electrons. The molecule has 1 aromatic heterocycles. The van der Waals surface area contributed by atoms with Crippen molar-refractivity contribution < 1.29 is 9.53 Å². The minimum absolute atomic E-state index is 0.0978. The Kier molecular flexibility index (Phi) is 5.12. The number of nitrogens with one attached hydrogen (secondary N) is 1. The van der Waals surface area contributed by atoms with Crippen LogP contribution in [0.25, 0.3) is 0 Å². The SMILES string of the molecule is O=C(Nc1cccnc1Cl)N1CCC(CN2CCOCC2)C1. The number of nitrogens with zero attached hydrogens (tertiary/aromatic N) is 3. The molecule has 0 aromatic carbocycles. The van der Waals surface area contributed by atoms with Gasteiger partial charge >= 0.3 is 6.03 Å². The minimum atomic E-state index is -0.0978. The highest BCUT2D eigenvalue weighted by Gasteiger charge is 2.28. The van der Waals surface area contributed by atoms with Crippen molar-refractivity contribution in [3.63, 3.8) is 0 Å². The number of aromatic nitrogens is 1. The van der Waals surface area contributed by atoms with Gasteiger partial charge in [-0.2, -0.15) is 0 Å². The Bertz CT molecular complexity index is 522. The van der Waals surface area contributed by atoms with Gasteiger partial charge in [0.15, 0.2) is 5.15 Å². The average molecular weight is 325 g/mol. The van der Waals surface area contributed by atoms with E-state index in [2.05, 4.69) is 15.2 Å². The number of urea groups is 1. The molecule has 3 heterocycles. The van der Waals surface area contributed by atoms with Crippen LogP contribution in [-0.2, 0) is 4.74 Å². The zero-order chi connectivity index (χ0) is 15.4. The quantitative estimate of drug-likeness (QED) is 0.863. The lowest BCUT2D eigenvalue weighted by Crippen LogP contribution is -2.40. The fourth-order valence-corrected chi connectivity index (χ4v) is 3.16. The summed E-state index contributed by atoms with van der Waals surface area (Å²) in [5.41, 5.74) is 0.561. The van der Waals surface area contributed by atoms with E-state index in [-0.39, 0.29) is 6.03 Å². The Morgan fingerprint density at radius 2 is 2.23 bits per heavy atom. The molecule has 2 fully saturated rings. The number of rotatable bonds is 3. The van der Waals surface area contributed by atoms with Gasteiger partial charge in [-0.3, -0.25) is 4.90 Å². The van der Waals surface area contributed by atoms with Crippen LogP contribution in [0.1, 0.15) is 6.42 Å².